The molecule has 0 bridgehead atoms. The molecule has 0 aliphatic carbocycles. The first-order chi connectivity index (χ1) is 9.92. The maximum absolute atomic E-state index is 12.1. The number of piperidine rings is 1. The minimum Gasteiger partial charge on any atom is -0.349 e. The fourth-order valence-electron chi connectivity index (χ4n) is 2.33. The summed E-state index contributed by atoms with van der Waals surface area (Å²) in [4.78, 5) is 12.1. The Labute approximate surface area is 133 Å². The van der Waals surface area contributed by atoms with Crippen molar-refractivity contribution >= 4 is 31.9 Å². The Morgan fingerprint density at radius 2 is 1.86 bits per heavy atom. The highest BCUT2D eigenvalue weighted by molar-refractivity contribution is 9.10. The highest BCUT2D eigenvalue weighted by atomic mass is 79.9. The smallest absolute Gasteiger partial charge is 0.251 e. The van der Waals surface area contributed by atoms with Gasteiger partial charge in [0.25, 0.3) is 5.91 Å². The van der Waals surface area contributed by atoms with Crippen molar-refractivity contribution in [1.82, 2.24) is 9.62 Å². The Kier molecular flexibility index (Phi) is 5.40. The van der Waals surface area contributed by atoms with Crippen molar-refractivity contribution in [3.63, 3.8) is 0 Å². The largest absolute Gasteiger partial charge is 0.349 e. The lowest BCUT2D eigenvalue weighted by molar-refractivity contribution is 0.0924. The third-order valence-corrected chi connectivity index (χ3v) is 6.06. The number of amides is 1. The molecule has 1 aliphatic rings. The summed E-state index contributed by atoms with van der Waals surface area (Å²) in [6, 6.07) is 7.20. The molecular formula is C14H19BrN2O3S. The van der Waals surface area contributed by atoms with Crippen LogP contribution in [0.5, 0.6) is 0 Å². The number of nitrogens with zero attached hydrogens (tertiary/aromatic N) is 1. The van der Waals surface area contributed by atoms with Gasteiger partial charge in [-0.15, -0.1) is 0 Å². The standard InChI is InChI=1S/C14H19BrN2O3S/c1-2-21(19,20)17-9-7-13(8-10-17)16-14(18)11-3-5-12(15)6-4-11/h3-6,13H,2,7-10H2,1H3,(H,16,18). The third-order valence-electron chi connectivity index (χ3n) is 3.65. The van der Waals surface area contributed by atoms with E-state index in [1.807, 2.05) is 12.1 Å². The topological polar surface area (TPSA) is 66.5 Å². The van der Waals surface area contributed by atoms with Gasteiger partial charge in [-0.1, -0.05) is 15.9 Å². The minimum absolute atomic E-state index is 0.0319. The van der Waals surface area contributed by atoms with E-state index >= 15 is 0 Å². The van der Waals surface area contributed by atoms with Gasteiger partial charge in [0.2, 0.25) is 10.0 Å². The van der Waals surface area contributed by atoms with Gasteiger partial charge < -0.3 is 5.32 Å². The first kappa shape index (κ1) is 16.5. The van der Waals surface area contributed by atoms with Crippen LogP contribution in [0, 0.1) is 0 Å². The zero-order chi connectivity index (χ0) is 15.5. The van der Waals surface area contributed by atoms with E-state index in [4.69, 9.17) is 0 Å². The normalized spacial score (nSPS) is 17.6. The SMILES string of the molecule is CCS(=O)(=O)N1CCC(NC(=O)c2ccc(Br)cc2)CC1. The van der Waals surface area contributed by atoms with Crippen molar-refractivity contribution in [2.45, 2.75) is 25.8 Å². The van der Waals surface area contributed by atoms with E-state index < -0.39 is 10.0 Å². The van der Waals surface area contributed by atoms with Crippen LogP contribution in [0.25, 0.3) is 0 Å². The predicted octanol–water partition coefficient (Wildman–Crippen LogP) is 1.99. The van der Waals surface area contributed by atoms with Gasteiger partial charge in [-0.2, -0.15) is 0 Å². The number of sulfonamides is 1. The Morgan fingerprint density at radius 3 is 2.38 bits per heavy atom. The summed E-state index contributed by atoms with van der Waals surface area (Å²) in [5.74, 6) is 0.0161. The molecule has 2 rings (SSSR count). The van der Waals surface area contributed by atoms with Crippen LogP contribution < -0.4 is 5.32 Å². The number of halogens is 1. The van der Waals surface area contributed by atoms with E-state index in [1.54, 1.807) is 19.1 Å². The molecule has 1 aromatic rings. The molecule has 1 amide bonds. The van der Waals surface area contributed by atoms with Crippen LogP contribution in [0.4, 0.5) is 0 Å². The lowest BCUT2D eigenvalue weighted by atomic mass is 10.1. The average molecular weight is 375 g/mol. The van der Waals surface area contributed by atoms with Crippen molar-refractivity contribution in [1.29, 1.82) is 0 Å². The van der Waals surface area contributed by atoms with E-state index in [9.17, 15) is 13.2 Å². The second kappa shape index (κ2) is 6.89. The van der Waals surface area contributed by atoms with Gasteiger partial charge in [0, 0.05) is 29.2 Å². The zero-order valence-electron chi connectivity index (χ0n) is 11.9. The monoisotopic (exact) mass is 374 g/mol. The maximum atomic E-state index is 12.1. The maximum Gasteiger partial charge on any atom is 0.251 e. The number of nitrogens with one attached hydrogen (secondary N) is 1. The van der Waals surface area contributed by atoms with Gasteiger partial charge in [-0.3, -0.25) is 4.79 Å². The highest BCUT2D eigenvalue weighted by Crippen LogP contribution is 2.16. The van der Waals surface area contributed by atoms with Crippen molar-refractivity contribution in [3.05, 3.63) is 34.3 Å². The second-order valence-corrected chi connectivity index (χ2v) is 8.23. The number of carbonyl (C=O) groups excluding carboxylic acids is 1. The van der Waals surface area contributed by atoms with Crippen LogP contribution >= 0.6 is 15.9 Å². The van der Waals surface area contributed by atoms with Gasteiger partial charge in [-0.25, -0.2) is 12.7 Å². The van der Waals surface area contributed by atoms with Gasteiger partial charge in [-0.05, 0) is 44.0 Å². The van der Waals surface area contributed by atoms with E-state index in [-0.39, 0.29) is 17.7 Å². The van der Waals surface area contributed by atoms with Crippen molar-refractivity contribution in [3.8, 4) is 0 Å². The second-order valence-electron chi connectivity index (χ2n) is 5.05. The van der Waals surface area contributed by atoms with Crippen LogP contribution in [0.15, 0.2) is 28.7 Å². The highest BCUT2D eigenvalue weighted by Gasteiger charge is 2.27. The lowest BCUT2D eigenvalue weighted by Gasteiger charge is -2.31. The van der Waals surface area contributed by atoms with Gasteiger partial charge in [0.15, 0.2) is 0 Å². The molecule has 0 aromatic heterocycles. The summed E-state index contributed by atoms with van der Waals surface area (Å²) in [5, 5.41) is 2.97. The van der Waals surface area contributed by atoms with Crippen molar-refractivity contribution < 1.29 is 13.2 Å². The fraction of sp³-hybridized carbons (Fsp3) is 0.500. The van der Waals surface area contributed by atoms with Crippen LogP contribution in [-0.4, -0.2) is 43.5 Å². The molecule has 0 spiro atoms. The average Bonchev–Trinajstić information content (AvgIpc) is 2.48. The molecule has 1 heterocycles. The molecule has 1 aliphatic heterocycles. The van der Waals surface area contributed by atoms with Crippen molar-refractivity contribution in [2.75, 3.05) is 18.8 Å². The Bertz CT molecular complexity index is 593. The first-order valence-corrected chi connectivity index (χ1v) is 9.37. The first-order valence-electron chi connectivity index (χ1n) is 6.96. The molecule has 0 unspecified atom stereocenters. The quantitative estimate of drug-likeness (QED) is 0.876. The van der Waals surface area contributed by atoms with Crippen molar-refractivity contribution in [2.24, 2.45) is 0 Å². The predicted molar refractivity (Wildman–Crippen MR) is 85.7 cm³/mol. The van der Waals surface area contributed by atoms with E-state index in [1.165, 1.54) is 4.31 Å². The summed E-state index contributed by atoms with van der Waals surface area (Å²) in [6.45, 7) is 2.60. The molecule has 7 heteroatoms. The Balaban J connectivity index is 1.89. The summed E-state index contributed by atoms with van der Waals surface area (Å²) in [7, 11) is -3.11. The number of carbonyl (C=O) groups is 1. The van der Waals surface area contributed by atoms with Gasteiger partial charge in [0.05, 0.1) is 5.75 Å². The number of hydrogen-bond donors (Lipinski definition) is 1. The third kappa shape index (κ3) is 4.28. The summed E-state index contributed by atoms with van der Waals surface area (Å²) in [6.07, 6.45) is 1.31. The molecule has 0 atom stereocenters. The van der Waals surface area contributed by atoms with Gasteiger partial charge in [0.1, 0.15) is 0 Å². The number of rotatable bonds is 4. The number of benzene rings is 1. The molecule has 21 heavy (non-hydrogen) atoms. The van der Waals surface area contributed by atoms with Crippen LogP contribution in [0.1, 0.15) is 30.1 Å². The van der Waals surface area contributed by atoms with Crippen LogP contribution in [0.3, 0.4) is 0 Å². The molecule has 0 radical (unpaired) electrons. The van der Waals surface area contributed by atoms with Crippen LogP contribution in [0.2, 0.25) is 0 Å². The lowest BCUT2D eigenvalue weighted by Crippen LogP contribution is -2.46. The zero-order valence-corrected chi connectivity index (χ0v) is 14.3. The molecule has 0 saturated carbocycles. The molecule has 1 fully saturated rings. The van der Waals surface area contributed by atoms with E-state index in [0.717, 1.165) is 4.47 Å². The fourth-order valence-corrected chi connectivity index (χ4v) is 3.73. The van der Waals surface area contributed by atoms with E-state index in [0.29, 0.717) is 31.5 Å². The Morgan fingerprint density at radius 1 is 1.29 bits per heavy atom. The molecule has 5 nitrogen and oxygen atoms in total. The number of hydrogen-bond acceptors (Lipinski definition) is 3. The molecule has 1 saturated heterocycles. The van der Waals surface area contributed by atoms with Crippen LogP contribution in [-0.2, 0) is 10.0 Å². The van der Waals surface area contributed by atoms with E-state index in [2.05, 4.69) is 21.2 Å². The molecule has 1 N–H and O–H groups in total. The summed E-state index contributed by atoms with van der Waals surface area (Å²) < 4.78 is 26.0. The Hall–Kier alpha value is -0.920. The molecule has 1 aromatic carbocycles. The van der Waals surface area contributed by atoms with Gasteiger partial charge >= 0.3 is 0 Å². The molecule has 116 valence electrons. The summed E-state index contributed by atoms with van der Waals surface area (Å²) >= 11 is 3.33. The minimum atomic E-state index is -3.11. The molecular weight excluding hydrogens is 356 g/mol. The summed E-state index contributed by atoms with van der Waals surface area (Å²) in [5.41, 5.74) is 0.613.